The zero-order chi connectivity index (χ0) is 19.8. The van der Waals surface area contributed by atoms with Crippen LogP contribution in [0.4, 0.5) is 0 Å². The van der Waals surface area contributed by atoms with E-state index in [1.54, 1.807) is 0 Å². The summed E-state index contributed by atoms with van der Waals surface area (Å²) in [5.41, 5.74) is -1.11. The average molecular weight is 369 g/mol. The predicted octanol–water partition coefficient (Wildman–Crippen LogP) is 4.18. The third-order valence-corrected chi connectivity index (χ3v) is 8.31. The van der Waals surface area contributed by atoms with Crippen LogP contribution in [0.2, 0.25) is 0 Å². The number of rotatable bonds is 6. The second-order valence-corrected chi connectivity index (χ2v) is 10.00. The minimum atomic E-state index is -0.691. The van der Waals surface area contributed by atoms with Gasteiger partial charge in [-0.1, -0.05) is 27.2 Å². The van der Waals surface area contributed by atoms with Crippen LogP contribution in [0.25, 0.3) is 0 Å². The first-order chi connectivity index (χ1) is 12.0. The minimum Gasteiger partial charge on any atom is -0.469 e. The maximum absolute atomic E-state index is 12.6. The summed E-state index contributed by atoms with van der Waals surface area (Å²) in [6.07, 6.45) is 6.58. The number of hydrogen-bond donors (Lipinski definition) is 2. The Labute approximate surface area is 159 Å². The zero-order valence-electron chi connectivity index (χ0n) is 17.7. The van der Waals surface area contributed by atoms with Gasteiger partial charge in [0.2, 0.25) is 0 Å². The lowest BCUT2D eigenvalue weighted by Gasteiger charge is -2.59. The van der Waals surface area contributed by atoms with Gasteiger partial charge < -0.3 is 14.9 Å². The molecule has 2 N–H and O–H groups in total. The van der Waals surface area contributed by atoms with Gasteiger partial charge in [0.25, 0.3) is 0 Å². The van der Waals surface area contributed by atoms with Gasteiger partial charge in [0.15, 0.2) is 0 Å². The molecule has 0 aromatic rings. The van der Waals surface area contributed by atoms with Crippen molar-refractivity contribution in [3.05, 3.63) is 0 Å². The number of carbonyl (C=O) groups excluding carboxylic acids is 1. The van der Waals surface area contributed by atoms with Gasteiger partial charge in [-0.25, -0.2) is 0 Å². The van der Waals surface area contributed by atoms with Crippen LogP contribution in [-0.4, -0.2) is 35.5 Å². The minimum absolute atomic E-state index is 0.0138. The molecule has 0 bridgehead atoms. The second kappa shape index (κ2) is 7.79. The van der Waals surface area contributed by atoms with Crippen LogP contribution in [-0.2, 0) is 9.53 Å². The third-order valence-electron chi connectivity index (χ3n) is 8.31. The van der Waals surface area contributed by atoms with Crippen LogP contribution in [0, 0.1) is 34.5 Å². The van der Waals surface area contributed by atoms with E-state index in [1.807, 2.05) is 6.92 Å². The second-order valence-electron chi connectivity index (χ2n) is 10.00. The number of aliphatic hydroxyl groups excluding tert-OH is 1. The van der Waals surface area contributed by atoms with Gasteiger partial charge in [-0.15, -0.1) is 0 Å². The lowest BCUT2D eigenvalue weighted by atomic mass is 9.45. The van der Waals surface area contributed by atoms with Gasteiger partial charge >= 0.3 is 5.97 Å². The normalized spacial score (nSPS) is 40.0. The summed E-state index contributed by atoms with van der Waals surface area (Å²) in [7, 11) is 1.50. The van der Waals surface area contributed by atoms with Crippen LogP contribution in [0.15, 0.2) is 0 Å². The molecule has 2 fully saturated rings. The van der Waals surface area contributed by atoms with Gasteiger partial charge in [-0.05, 0) is 81.5 Å². The van der Waals surface area contributed by atoms with E-state index < -0.39 is 11.0 Å². The third kappa shape index (κ3) is 3.69. The fourth-order valence-corrected chi connectivity index (χ4v) is 6.12. The fraction of sp³-hybridized carbons (Fsp3) is 0.955. The van der Waals surface area contributed by atoms with Gasteiger partial charge in [0, 0.05) is 6.61 Å². The van der Waals surface area contributed by atoms with Crippen molar-refractivity contribution in [2.24, 2.45) is 34.5 Å². The highest BCUT2D eigenvalue weighted by atomic mass is 16.5. The van der Waals surface area contributed by atoms with Crippen molar-refractivity contribution >= 4 is 5.97 Å². The Morgan fingerprint density at radius 3 is 2.46 bits per heavy atom. The van der Waals surface area contributed by atoms with Crippen molar-refractivity contribution in [2.75, 3.05) is 13.7 Å². The standard InChI is InChI=1S/C22H40O4/c1-15(2)22(5,25)13-10-17-16(14-23)8-9-18-20(17,3)11-7-12-21(18,4)19(24)26-6/h15-18,23,25H,7-14H2,1-6H3/t16-,17+,18-,20-,21-,22?/m1/s1. The number of methoxy groups -OCH3 is 1. The van der Waals surface area contributed by atoms with Crippen molar-refractivity contribution in [3.8, 4) is 0 Å². The lowest BCUT2D eigenvalue weighted by molar-refractivity contribution is -0.175. The molecular weight excluding hydrogens is 328 g/mol. The molecular formula is C22H40O4. The first-order valence-electron chi connectivity index (χ1n) is 10.4. The summed E-state index contributed by atoms with van der Waals surface area (Å²) in [5.74, 6) is 1.01. The van der Waals surface area contributed by atoms with Crippen molar-refractivity contribution in [1.29, 1.82) is 0 Å². The lowest BCUT2D eigenvalue weighted by Crippen LogP contribution is -2.56. The maximum atomic E-state index is 12.6. The molecule has 2 aliphatic rings. The summed E-state index contributed by atoms with van der Waals surface area (Å²) >= 11 is 0. The van der Waals surface area contributed by atoms with Gasteiger partial charge in [0.05, 0.1) is 18.1 Å². The number of aliphatic hydroxyl groups is 2. The van der Waals surface area contributed by atoms with Crippen LogP contribution in [0.1, 0.15) is 79.6 Å². The van der Waals surface area contributed by atoms with E-state index in [4.69, 9.17) is 4.74 Å². The Bertz CT molecular complexity index is 500. The molecule has 0 aromatic carbocycles. The van der Waals surface area contributed by atoms with Crippen LogP contribution < -0.4 is 0 Å². The first kappa shape index (κ1) is 21.7. The van der Waals surface area contributed by atoms with E-state index in [0.717, 1.165) is 44.9 Å². The molecule has 0 amide bonds. The summed E-state index contributed by atoms with van der Waals surface area (Å²) in [5, 5.41) is 20.8. The number of ether oxygens (including phenoxy) is 1. The number of carbonyl (C=O) groups is 1. The van der Waals surface area contributed by atoms with Crippen LogP contribution in [0.3, 0.4) is 0 Å². The molecule has 0 aromatic heterocycles. The Morgan fingerprint density at radius 2 is 1.92 bits per heavy atom. The van der Waals surface area contributed by atoms with E-state index in [2.05, 4.69) is 27.7 Å². The molecule has 2 saturated carbocycles. The SMILES string of the molecule is COC(=O)[C@]1(C)CCC[C@@]2(C)[C@H]1CC[C@H](CO)[C@@H]2CCC(C)(O)C(C)C. The Hall–Kier alpha value is -0.610. The molecule has 1 unspecified atom stereocenters. The quantitative estimate of drug-likeness (QED) is 0.690. The summed E-state index contributed by atoms with van der Waals surface area (Å²) in [6.45, 7) is 10.7. The van der Waals surface area contributed by atoms with Crippen molar-refractivity contribution in [2.45, 2.75) is 85.2 Å². The summed E-state index contributed by atoms with van der Waals surface area (Å²) in [6, 6.07) is 0. The highest BCUT2D eigenvalue weighted by Crippen LogP contribution is 2.62. The Kier molecular flexibility index (Phi) is 6.50. The summed E-state index contributed by atoms with van der Waals surface area (Å²) in [4.78, 5) is 12.6. The molecule has 2 rings (SSSR count). The van der Waals surface area contributed by atoms with Crippen molar-refractivity contribution in [1.82, 2.24) is 0 Å². The topological polar surface area (TPSA) is 66.8 Å². The smallest absolute Gasteiger partial charge is 0.311 e. The van der Waals surface area contributed by atoms with Gasteiger partial charge in [-0.2, -0.15) is 0 Å². The molecule has 0 radical (unpaired) electrons. The molecule has 152 valence electrons. The van der Waals surface area contributed by atoms with Crippen molar-refractivity contribution in [3.63, 3.8) is 0 Å². The molecule has 0 saturated heterocycles. The maximum Gasteiger partial charge on any atom is 0.311 e. The molecule has 0 heterocycles. The zero-order valence-corrected chi connectivity index (χ0v) is 17.7. The fourth-order valence-electron chi connectivity index (χ4n) is 6.12. The summed E-state index contributed by atoms with van der Waals surface area (Å²) < 4.78 is 5.19. The highest BCUT2D eigenvalue weighted by molar-refractivity contribution is 5.77. The van der Waals surface area contributed by atoms with E-state index in [-0.39, 0.29) is 35.7 Å². The molecule has 6 atom stereocenters. The molecule has 2 aliphatic carbocycles. The van der Waals surface area contributed by atoms with E-state index in [1.165, 1.54) is 7.11 Å². The number of fused-ring (bicyclic) bond motifs is 1. The predicted molar refractivity (Wildman–Crippen MR) is 104 cm³/mol. The largest absolute Gasteiger partial charge is 0.469 e. The van der Waals surface area contributed by atoms with Crippen LogP contribution >= 0.6 is 0 Å². The Balaban J connectivity index is 2.31. The molecule has 4 nitrogen and oxygen atoms in total. The van der Waals surface area contributed by atoms with Crippen molar-refractivity contribution < 1.29 is 19.7 Å². The molecule has 0 spiro atoms. The Morgan fingerprint density at radius 1 is 1.27 bits per heavy atom. The highest BCUT2D eigenvalue weighted by Gasteiger charge is 2.58. The molecule has 4 heteroatoms. The van der Waals surface area contributed by atoms with E-state index in [9.17, 15) is 15.0 Å². The first-order valence-corrected chi connectivity index (χ1v) is 10.4. The number of hydrogen-bond acceptors (Lipinski definition) is 4. The van der Waals surface area contributed by atoms with E-state index in [0.29, 0.717) is 5.92 Å². The number of esters is 1. The van der Waals surface area contributed by atoms with Gasteiger partial charge in [-0.3, -0.25) is 4.79 Å². The molecule has 26 heavy (non-hydrogen) atoms. The average Bonchev–Trinajstić information content (AvgIpc) is 2.58. The van der Waals surface area contributed by atoms with Gasteiger partial charge in [0.1, 0.15) is 0 Å². The molecule has 0 aliphatic heterocycles. The van der Waals surface area contributed by atoms with Crippen LogP contribution in [0.5, 0.6) is 0 Å². The van der Waals surface area contributed by atoms with E-state index >= 15 is 0 Å². The monoisotopic (exact) mass is 368 g/mol.